The summed E-state index contributed by atoms with van der Waals surface area (Å²) < 4.78 is 10.6. The average Bonchev–Trinajstić information content (AvgIpc) is 3.20. The van der Waals surface area contributed by atoms with E-state index in [-0.39, 0.29) is 0 Å². The Balaban J connectivity index is 2.03. The summed E-state index contributed by atoms with van der Waals surface area (Å²) in [5, 5.41) is 6.24. The first-order chi connectivity index (χ1) is 10.8. The second-order valence-electron chi connectivity index (χ2n) is 7.27. The molecule has 1 aromatic carbocycles. The number of rotatable bonds is 6. The first-order valence-electron chi connectivity index (χ1n) is 8.21. The summed E-state index contributed by atoms with van der Waals surface area (Å²) in [5.41, 5.74) is 1.03. The number of methoxy groups -OCH3 is 1. The van der Waals surface area contributed by atoms with Gasteiger partial charge >= 0.3 is 6.09 Å². The molecule has 2 N–H and O–H groups in total. The second-order valence-corrected chi connectivity index (χ2v) is 7.27. The van der Waals surface area contributed by atoms with Crippen LogP contribution in [0.4, 0.5) is 16.2 Å². The minimum atomic E-state index is -0.536. The lowest BCUT2D eigenvalue weighted by molar-refractivity contribution is 0.0635. The Morgan fingerprint density at radius 1 is 1.35 bits per heavy atom. The number of ether oxygens (including phenoxy) is 2. The molecule has 0 radical (unpaired) electrons. The Morgan fingerprint density at radius 3 is 2.61 bits per heavy atom. The van der Waals surface area contributed by atoms with Crippen LogP contribution in [0.25, 0.3) is 0 Å². The highest BCUT2D eigenvalue weighted by Gasteiger charge is 2.23. The van der Waals surface area contributed by atoms with Gasteiger partial charge in [-0.2, -0.15) is 0 Å². The van der Waals surface area contributed by atoms with E-state index in [0.29, 0.717) is 17.5 Å². The lowest BCUT2D eigenvalue weighted by Crippen LogP contribution is -2.27. The standard InChI is InChI=1S/C18H28N2O3/c1-12(10-13-6-7-13)19-14-8-9-16(22-5)15(11-14)20-17(21)23-18(2,3)4/h8-9,11-13,19H,6-7,10H2,1-5H3,(H,20,21). The van der Waals surface area contributed by atoms with E-state index < -0.39 is 11.7 Å². The summed E-state index contributed by atoms with van der Waals surface area (Å²) in [6, 6.07) is 6.10. The van der Waals surface area contributed by atoms with E-state index in [9.17, 15) is 4.79 Å². The third-order valence-electron chi connectivity index (χ3n) is 3.63. The number of hydrogen-bond donors (Lipinski definition) is 2. The molecule has 1 amide bonds. The summed E-state index contributed by atoms with van der Waals surface area (Å²) in [4.78, 5) is 12.0. The first-order valence-corrected chi connectivity index (χ1v) is 8.21. The van der Waals surface area contributed by atoms with E-state index in [1.807, 2.05) is 39.0 Å². The highest BCUT2D eigenvalue weighted by Crippen LogP contribution is 2.35. The van der Waals surface area contributed by atoms with Gasteiger partial charge in [-0.05, 0) is 58.2 Å². The van der Waals surface area contributed by atoms with Crippen LogP contribution >= 0.6 is 0 Å². The fourth-order valence-corrected chi connectivity index (χ4v) is 2.51. The molecule has 1 aliphatic carbocycles. The van der Waals surface area contributed by atoms with Crippen LogP contribution in [0.15, 0.2) is 18.2 Å². The van der Waals surface area contributed by atoms with Crippen LogP contribution < -0.4 is 15.4 Å². The zero-order chi connectivity index (χ0) is 17.0. The van der Waals surface area contributed by atoms with Crippen LogP contribution in [-0.2, 0) is 4.74 Å². The van der Waals surface area contributed by atoms with Crippen molar-refractivity contribution in [3.63, 3.8) is 0 Å². The maximum absolute atomic E-state index is 12.0. The Morgan fingerprint density at radius 2 is 2.04 bits per heavy atom. The SMILES string of the molecule is COc1ccc(NC(C)CC2CC2)cc1NC(=O)OC(C)(C)C. The van der Waals surface area contributed by atoms with Crippen molar-refractivity contribution in [2.45, 2.75) is 58.6 Å². The molecule has 1 unspecified atom stereocenters. The van der Waals surface area contributed by atoms with Gasteiger partial charge in [0.15, 0.2) is 0 Å². The zero-order valence-corrected chi connectivity index (χ0v) is 14.7. The predicted molar refractivity (Wildman–Crippen MR) is 93.3 cm³/mol. The molecule has 0 aromatic heterocycles. The molecule has 5 heteroatoms. The Hall–Kier alpha value is -1.91. The molecule has 0 heterocycles. The van der Waals surface area contributed by atoms with Gasteiger partial charge in [-0.3, -0.25) is 5.32 Å². The van der Waals surface area contributed by atoms with Crippen LogP contribution in [-0.4, -0.2) is 24.8 Å². The Bertz CT molecular complexity index is 548. The fraction of sp³-hybridized carbons (Fsp3) is 0.611. The summed E-state index contributed by atoms with van der Waals surface area (Å²) in [5.74, 6) is 1.48. The number of amides is 1. The number of nitrogens with one attached hydrogen (secondary N) is 2. The lowest BCUT2D eigenvalue weighted by Gasteiger charge is -2.21. The molecular formula is C18H28N2O3. The monoisotopic (exact) mass is 320 g/mol. The van der Waals surface area contributed by atoms with E-state index in [2.05, 4.69) is 17.6 Å². The third kappa shape index (κ3) is 6.00. The minimum absolute atomic E-state index is 0.408. The first kappa shape index (κ1) is 17.4. The molecule has 2 rings (SSSR count). The summed E-state index contributed by atoms with van der Waals surface area (Å²) in [6.45, 7) is 7.69. The number of benzene rings is 1. The van der Waals surface area contributed by atoms with Crippen molar-refractivity contribution < 1.29 is 14.3 Å². The van der Waals surface area contributed by atoms with Crippen LogP contribution in [0.3, 0.4) is 0 Å². The van der Waals surface area contributed by atoms with Gasteiger partial charge in [-0.1, -0.05) is 12.8 Å². The smallest absolute Gasteiger partial charge is 0.412 e. The summed E-state index contributed by atoms with van der Waals surface area (Å²) in [6.07, 6.45) is 3.39. The molecule has 1 aromatic rings. The van der Waals surface area contributed by atoms with Gasteiger partial charge in [0.05, 0.1) is 12.8 Å². The van der Waals surface area contributed by atoms with Gasteiger partial charge in [0.1, 0.15) is 11.4 Å². The van der Waals surface area contributed by atoms with Crippen molar-refractivity contribution in [1.29, 1.82) is 0 Å². The van der Waals surface area contributed by atoms with E-state index in [4.69, 9.17) is 9.47 Å². The number of anilines is 2. The molecule has 1 saturated carbocycles. The number of carbonyl (C=O) groups is 1. The van der Waals surface area contributed by atoms with Crippen molar-refractivity contribution in [3.05, 3.63) is 18.2 Å². The van der Waals surface area contributed by atoms with Gasteiger partial charge in [-0.15, -0.1) is 0 Å². The predicted octanol–water partition coefficient (Wildman–Crippen LogP) is 4.64. The third-order valence-corrected chi connectivity index (χ3v) is 3.63. The molecule has 0 bridgehead atoms. The van der Waals surface area contributed by atoms with E-state index in [0.717, 1.165) is 11.6 Å². The molecular weight excluding hydrogens is 292 g/mol. The van der Waals surface area contributed by atoms with Crippen LogP contribution in [0.5, 0.6) is 5.75 Å². The Labute approximate surface area is 138 Å². The highest BCUT2D eigenvalue weighted by atomic mass is 16.6. The van der Waals surface area contributed by atoms with E-state index in [1.54, 1.807) is 7.11 Å². The fourth-order valence-electron chi connectivity index (χ4n) is 2.51. The van der Waals surface area contributed by atoms with Crippen molar-refractivity contribution >= 4 is 17.5 Å². The normalized spacial score (nSPS) is 15.7. The van der Waals surface area contributed by atoms with Crippen molar-refractivity contribution in [2.75, 3.05) is 17.7 Å². The minimum Gasteiger partial charge on any atom is -0.495 e. The van der Waals surface area contributed by atoms with Crippen molar-refractivity contribution in [2.24, 2.45) is 5.92 Å². The number of hydrogen-bond acceptors (Lipinski definition) is 4. The maximum Gasteiger partial charge on any atom is 0.412 e. The van der Waals surface area contributed by atoms with Gasteiger partial charge in [0.25, 0.3) is 0 Å². The molecule has 1 fully saturated rings. The van der Waals surface area contributed by atoms with Crippen molar-refractivity contribution in [3.8, 4) is 5.75 Å². The quantitative estimate of drug-likeness (QED) is 0.801. The largest absolute Gasteiger partial charge is 0.495 e. The molecule has 0 aliphatic heterocycles. The summed E-state index contributed by atoms with van der Waals surface area (Å²) in [7, 11) is 1.58. The van der Waals surface area contributed by atoms with Crippen LogP contribution in [0.1, 0.15) is 47.0 Å². The number of carbonyl (C=O) groups excluding carboxylic acids is 1. The van der Waals surface area contributed by atoms with E-state index in [1.165, 1.54) is 19.3 Å². The highest BCUT2D eigenvalue weighted by molar-refractivity contribution is 5.88. The van der Waals surface area contributed by atoms with Crippen molar-refractivity contribution in [1.82, 2.24) is 0 Å². The second kappa shape index (κ2) is 7.11. The molecule has 1 atom stereocenters. The van der Waals surface area contributed by atoms with Crippen LogP contribution in [0.2, 0.25) is 0 Å². The maximum atomic E-state index is 12.0. The zero-order valence-electron chi connectivity index (χ0n) is 14.7. The van der Waals surface area contributed by atoms with E-state index >= 15 is 0 Å². The summed E-state index contributed by atoms with van der Waals surface area (Å²) >= 11 is 0. The molecule has 0 saturated heterocycles. The molecule has 0 spiro atoms. The van der Waals surface area contributed by atoms with Gasteiger partial charge in [-0.25, -0.2) is 4.79 Å². The molecule has 1 aliphatic rings. The lowest BCUT2D eigenvalue weighted by atomic mass is 10.1. The Kier molecular flexibility index (Phi) is 5.39. The topological polar surface area (TPSA) is 59.6 Å². The van der Waals surface area contributed by atoms with Gasteiger partial charge < -0.3 is 14.8 Å². The van der Waals surface area contributed by atoms with Gasteiger partial charge in [0, 0.05) is 11.7 Å². The van der Waals surface area contributed by atoms with Gasteiger partial charge in [0.2, 0.25) is 0 Å². The average molecular weight is 320 g/mol. The molecule has 5 nitrogen and oxygen atoms in total. The molecule has 128 valence electrons. The molecule has 23 heavy (non-hydrogen) atoms. The van der Waals surface area contributed by atoms with Crippen LogP contribution in [0, 0.1) is 5.92 Å².